The van der Waals surface area contributed by atoms with E-state index in [4.69, 9.17) is 63.7 Å². The van der Waals surface area contributed by atoms with Crippen LogP contribution in [0, 0.1) is 13.8 Å². The monoisotopic (exact) mass is 924 g/mol. The van der Waals surface area contributed by atoms with Crippen LogP contribution in [0.25, 0.3) is 22.3 Å². The number of benzene rings is 4. The average molecular weight is 927 g/mol. The van der Waals surface area contributed by atoms with E-state index in [1.165, 1.54) is 30.5 Å². The molecule has 4 heterocycles. The minimum atomic E-state index is -3.67. The zero-order chi connectivity index (χ0) is 43.8. The molecule has 312 valence electrons. The van der Waals surface area contributed by atoms with E-state index in [0.717, 1.165) is 22.3 Å². The van der Waals surface area contributed by atoms with Gasteiger partial charge < -0.3 is 30.0 Å². The Morgan fingerprint density at radius 3 is 1.45 bits per heavy atom. The fourth-order valence-corrected chi connectivity index (χ4v) is 6.12. The number of alkyl halides is 6. The SMILES string of the molecule is Cc1cc2c(cc1-c1ccc(N)nc1)OC(F)(F)O2.Cc1cc2c(cc1-c1ccc(NC(=O)c3ccccc3Cl)nc1)OC(F)(F)O2.ClCCl.O=C(Cl)c1ccccc1Cl. The molecule has 8 rings (SSSR count). The van der Waals surface area contributed by atoms with Crippen LogP contribution in [0.2, 0.25) is 10.0 Å². The first-order valence-corrected chi connectivity index (χ1v) is 19.2. The highest BCUT2D eigenvalue weighted by atomic mass is 35.5. The summed E-state index contributed by atoms with van der Waals surface area (Å²) < 4.78 is 70.2. The van der Waals surface area contributed by atoms with Crippen LogP contribution in [-0.2, 0) is 0 Å². The molecular weight excluding hydrogens is 898 g/mol. The second-order valence-corrected chi connectivity index (χ2v) is 14.2. The van der Waals surface area contributed by atoms with Gasteiger partial charge in [-0.25, -0.2) is 9.97 Å². The molecule has 1 amide bonds. The summed E-state index contributed by atoms with van der Waals surface area (Å²) in [5, 5.41) is 3.07. The van der Waals surface area contributed by atoms with Crippen molar-refractivity contribution in [1.82, 2.24) is 9.97 Å². The van der Waals surface area contributed by atoms with E-state index in [0.29, 0.717) is 43.9 Å². The summed E-state index contributed by atoms with van der Waals surface area (Å²) in [6.45, 7) is 3.56. The van der Waals surface area contributed by atoms with E-state index in [2.05, 4.69) is 34.2 Å². The van der Waals surface area contributed by atoms with Crippen LogP contribution in [0.5, 0.6) is 23.0 Å². The highest BCUT2D eigenvalue weighted by Gasteiger charge is 2.44. The Kier molecular flexibility index (Phi) is 15.0. The number of nitrogens with two attached hydrogens (primary N) is 1. The summed E-state index contributed by atoms with van der Waals surface area (Å²) >= 11 is 26.3. The number of aryl methyl sites for hydroxylation is 2. The molecule has 2 aliphatic rings. The number of amides is 1. The Bertz CT molecular complexity index is 2500. The lowest BCUT2D eigenvalue weighted by Crippen LogP contribution is -2.25. The standard InChI is InChI=1S/C20H13ClF2N2O3.C13H10F2N2O2.C7H4Cl2O.CH2Cl2/c1-11-8-16-17(28-20(22,23)27-16)9-14(11)12-6-7-18(24-10-12)25-19(26)13-4-2-3-5-15(13)21;1-7-4-10-11(19-13(14,15)18-10)5-9(7)8-2-3-12(16)17-6-8;8-6-4-2-1-3-5(6)7(9)10;2-1-3/h2-10H,1H3,(H,24,25,26);2-6H,1H3,(H2,16,17);1-4H;1H2. The van der Waals surface area contributed by atoms with Crippen molar-refractivity contribution >= 4 is 80.8 Å². The zero-order valence-electron chi connectivity index (χ0n) is 30.9. The summed E-state index contributed by atoms with van der Waals surface area (Å²) in [5.41, 5.74) is 10.6. The number of anilines is 2. The van der Waals surface area contributed by atoms with Gasteiger partial charge in [0.1, 0.15) is 11.6 Å². The van der Waals surface area contributed by atoms with Gasteiger partial charge in [0.15, 0.2) is 23.0 Å². The molecule has 0 unspecified atom stereocenters. The molecule has 0 fully saturated rings. The molecule has 0 saturated carbocycles. The van der Waals surface area contributed by atoms with Crippen molar-refractivity contribution in [2.24, 2.45) is 0 Å². The number of hydrogen-bond acceptors (Lipinski definition) is 9. The van der Waals surface area contributed by atoms with Crippen LogP contribution < -0.4 is 30.0 Å². The van der Waals surface area contributed by atoms with Gasteiger partial charge in [0.2, 0.25) is 0 Å². The van der Waals surface area contributed by atoms with Gasteiger partial charge in [-0.1, -0.05) is 47.5 Å². The highest BCUT2D eigenvalue weighted by molar-refractivity contribution is 6.68. The van der Waals surface area contributed by atoms with Crippen LogP contribution in [0.15, 0.2) is 109 Å². The highest BCUT2D eigenvalue weighted by Crippen LogP contribution is 2.45. The van der Waals surface area contributed by atoms with Crippen LogP contribution in [0.4, 0.5) is 29.2 Å². The number of fused-ring (bicyclic) bond motifs is 2. The number of rotatable bonds is 5. The molecule has 6 aromatic rings. The van der Waals surface area contributed by atoms with E-state index in [1.807, 2.05) is 0 Å². The Labute approximate surface area is 365 Å². The van der Waals surface area contributed by atoms with Gasteiger partial charge in [-0.15, -0.1) is 40.8 Å². The molecule has 0 saturated heterocycles. The first-order valence-electron chi connectivity index (χ1n) is 17.0. The fourth-order valence-electron chi connectivity index (χ4n) is 5.46. The van der Waals surface area contributed by atoms with Gasteiger partial charge >= 0.3 is 12.6 Å². The number of halogens is 9. The fraction of sp³-hybridized carbons (Fsp3) is 0.122. The number of nitrogens with zero attached hydrogens (tertiary/aromatic N) is 2. The number of hydrogen-bond donors (Lipinski definition) is 2. The van der Waals surface area contributed by atoms with Crippen LogP contribution in [0.3, 0.4) is 0 Å². The third kappa shape index (κ3) is 11.8. The third-order valence-corrected chi connectivity index (χ3v) is 8.98. The van der Waals surface area contributed by atoms with Crippen molar-refractivity contribution in [1.29, 1.82) is 0 Å². The predicted molar refractivity (Wildman–Crippen MR) is 223 cm³/mol. The van der Waals surface area contributed by atoms with Gasteiger partial charge in [0, 0.05) is 23.5 Å². The molecule has 60 heavy (non-hydrogen) atoms. The summed E-state index contributed by atoms with van der Waals surface area (Å²) in [4.78, 5) is 31.0. The quantitative estimate of drug-likeness (QED) is 0.0984. The summed E-state index contributed by atoms with van der Waals surface area (Å²) in [5.74, 6) is 0.348. The molecule has 4 aromatic carbocycles. The van der Waals surface area contributed by atoms with Gasteiger partial charge in [-0.2, -0.15) is 0 Å². The lowest BCUT2D eigenvalue weighted by molar-refractivity contribution is -0.287. The number of carbonyl (C=O) groups excluding carboxylic acids is 2. The Morgan fingerprint density at radius 1 is 0.650 bits per heavy atom. The van der Waals surface area contributed by atoms with E-state index in [9.17, 15) is 27.2 Å². The molecule has 10 nitrogen and oxygen atoms in total. The van der Waals surface area contributed by atoms with Crippen molar-refractivity contribution < 1.29 is 46.1 Å². The molecular formula is C41H29Cl5F4N4O6. The minimum Gasteiger partial charge on any atom is -0.395 e. The zero-order valence-corrected chi connectivity index (χ0v) is 34.7. The van der Waals surface area contributed by atoms with Gasteiger partial charge in [-0.3, -0.25) is 9.59 Å². The number of aromatic nitrogens is 2. The lowest BCUT2D eigenvalue weighted by Gasteiger charge is -2.09. The summed E-state index contributed by atoms with van der Waals surface area (Å²) in [6.07, 6.45) is -4.16. The molecule has 0 atom stereocenters. The maximum atomic E-state index is 13.2. The van der Waals surface area contributed by atoms with Crippen molar-refractivity contribution in [2.75, 3.05) is 16.4 Å². The maximum absolute atomic E-state index is 13.2. The van der Waals surface area contributed by atoms with E-state index >= 15 is 0 Å². The van der Waals surface area contributed by atoms with Crippen molar-refractivity contribution in [3.05, 3.63) is 142 Å². The first kappa shape index (κ1) is 45.6. The minimum absolute atomic E-state index is 0.0113. The molecule has 2 aliphatic heterocycles. The lowest BCUT2D eigenvalue weighted by atomic mass is 10.0. The number of nitrogens with one attached hydrogen (secondary N) is 1. The van der Waals surface area contributed by atoms with Crippen LogP contribution >= 0.6 is 58.0 Å². The Morgan fingerprint density at radius 2 is 1.07 bits per heavy atom. The van der Waals surface area contributed by atoms with E-state index in [1.54, 1.807) is 92.8 Å². The normalized spacial score (nSPS) is 13.3. The van der Waals surface area contributed by atoms with Gasteiger partial charge in [0.05, 0.1) is 26.5 Å². The Balaban J connectivity index is 0.000000183. The number of ether oxygens (including phenoxy) is 4. The predicted octanol–water partition coefficient (Wildman–Crippen LogP) is 12.4. The number of carbonyl (C=O) groups is 2. The largest absolute Gasteiger partial charge is 0.586 e. The molecule has 3 N–H and O–H groups in total. The molecule has 0 bridgehead atoms. The smallest absolute Gasteiger partial charge is 0.395 e. The molecule has 0 radical (unpaired) electrons. The van der Waals surface area contributed by atoms with E-state index in [-0.39, 0.29) is 34.2 Å². The number of nitrogen functional groups attached to an aromatic ring is 1. The average Bonchev–Trinajstić information content (AvgIpc) is 3.67. The van der Waals surface area contributed by atoms with Crippen molar-refractivity contribution in [3.63, 3.8) is 0 Å². The Hall–Kier alpha value is -5.51. The van der Waals surface area contributed by atoms with E-state index < -0.39 is 17.8 Å². The van der Waals surface area contributed by atoms with Crippen molar-refractivity contribution in [2.45, 2.75) is 26.4 Å². The van der Waals surface area contributed by atoms with Crippen molar-refractivity contribution in [3.8, 4) is 45.3 Å². The van der Waals surface area contributed by atoms with Gasteiger partial charge in [0.25, 0.3) is 11.1 Å². The molecule has 0 aliphatic carbocycles. The van der Waals surface area contributed by atoms with Gasteiger partial charge in [-0.05, 0) is 120 Å². The molecule has 0 spiro atoms. The first-order chi connectivity index (χ1) is 28.4. The second-order valence-electron chi connectivity index (χ2n) is 12.3. The molecule has 2 aromatic heterocycles. The summed E-state index contributed by atoms with van der Waals surface area (Å²) in [6, 6.07) is 26.1. The second kappa shape index (κ2) is 19.7. The van der Waals surface area contributed by atoms with Crippen LogP contribution in [-0.4, -0.2) is 39.0 Å². The molecule has 19 heteroatoms. The number of pyridine rings is 2. The maximum Gasteiger partial charge on any atom is 0.586 e. The summed E-state index contributed by atoms with van der Waals surface area (Å²) in [7, 11) is 0. The third-order valence-electron chi connectivity index (χ3n) is 8.11. The topological polar surface area (TPSA) is 135 Å². The van der Waals surface area contributed by atoms with Crippen LogP contribution in [0.1, 0.15) is 31.8 Å².